The third-order valence-corrected chi connectivity index (χ3v) is 4.93. The van der Waals surface area contributed by atoms with Crippen molar-refractivity contribution >= 4 is 33.5 Å². The van der Waals surface area contributed by atoms with E-state index in [9.17, 15) is 14.9 Å². The molecule has 1 aliphatic rings. The van der Waals surface area contributed by atoms with E-state index in [-0.39, 0.29) is 16.1 Å². The van der Waals surface area contributed by atoms with E-state index in [2.05, 4.69) is 39.9 Å². The van der Waals surface area contributed by atoms with Gasteiger partial charge in [0.1, 0.15) is 10.4 Å². The Bertz CT molecular complexity index is 1000. The number of nitrogen functional groups attached to an aromatic ring is 1. The first-order valence-corrected chi connectivity index (χ1v) is 11.6. The first-order valence-electron chi connectivity index (χ1n) is 10.8. The number of nitrogens with zero attached hydrogens (tertiary/aromatic N) is 1. The van der Waals surface area contributed by atoms with Crippen LogP contribution in [0.15, 0.2) is 65.9 Å². The second kappa shape index (κ2) is 14.0. The summed E-state index contributed by atoms with van der Waals surface area (Å²) in [5.74, 6) is -0.450. The number of carbonyl (C=O) groups is 1. The van der Waals surface area contributed by atoms with Gasteiger partial charge in [0.05, 0.1) is 15.6 Å². The topological polar surface area (TPSA) is 98.3 Å². The molecule has 32 heavy (non-hydrogen) atoms. The Morgan fingerprint density at radius 1 is 1.16 bits per heavy atom. The first-order chi connectivity index (χ1) is 15.3. The molecule has 3 rings (SSSR count). The molecule has 172 valence electrons. The van der Waals surface area contributed by atoms with E-state index in [0.29, 0.717) is 10.7 Å². The molecule has 0 fully saturated rings. The number of nitro groups is 1. The Morgan fingerprint density at radius 2 is 1.78 bits per heavy atom. The van der Waals surface area contributed by atoms with Crippen LogP contribution in [-0.2, 0) is 0 Å². The molecule has 0 saturated carbocycles. The minimum absolute atomic E-state index is 0.0322. The lowest BCUT2D eigenvalue weighted by atomic mass is 10.1. The van der Waals surface area contributed by atoms with Crippen LogP contribution in [-0.4, -0.2) is 10.7 Å². The molecule has 2 aromatic rings. The van der Waals surface area contributed by atoms with Gasteiger partial charge in [-0.25, -0.2) is 0 Å². The average molecular weight is 456 g/mol. The second-order valence-electron chi connectivity index (χ2n) is 7.28. The Morgan fingerprint density at radius 3 is 2.41 bits per heavy atom. The Hall–Kier alpha value is -3.19. The third-order valence-electron chi connectivity index (χ3n) is 3.86. The largest absolute Gasteiger partial charge is 0.397 e. The lowest BCUT2D eigenvalue weighted by Crippen LogP contribution is -2.05. The molecule has 0 atom stereocenters. The van der Waals surface area contributed by atoms with Crippen molar-refractivity contribution < 1.29 is 9.72 Å². The lowest BCUT2D eigenvalue weighted by molar-refractivity contribution is -0.385. The van der Waals surface area contributed by atoms with Crippen molar-refractivity contribution in [2.24, 2.45) is 0 Å². The van der Waals surface area contributed by atoms with Crippen LogP contribution >= 0.6 is 11.3 Å². The molecule has 1 aromatic heterocycles. The average Bonchev–Trinajstić information content (AvgIpc) is 2.99. The highest BCUT2D eigenvalue weighted by Gasteiger charge is 2.24. The van der Waals surface area contributed by atoms with Gasteiger partial charge in [0, 0.05) is 11.8 Å². The lowest BCUT2D eigenvalue weighted by Gasteiger charge is -2.03. The minimum atomic E-state index is -0.563. The maximum atomic E-state index is 12.8. The molecule has 1 heterocycles. The number of para-hydroxylation sites is 1. The molecule has 0 spiro atoms. The van der Waals surface area contributed by atoms with E-state index in [0.717, 1.165) is 12.1 Å². The van der Waals surface area contributed by atoms with Gasteiger partial charge in [-0.2, -0.15) is 0 Å². The summed E-state index contributed by atoms with van der Waals surface area (Å²) in [7, 11) is 0. The van der Waals surface area contributed by atoms with Crippen LogP contribution in [0.5, 0.6) is 0 Å². The van der Waals surface area contributed by atoms with E-state index in [4.69, 9.17) is 5.73 Å². The molecule has 0 aliphatic heterocycles. The van der Waals surface area contributed by atoms with Crippen molar-refractivity contribution in [3.05, 3.63) is 86.5 Å². The molecule has 1 aromatic carbocycles. The van der Waals surface area contributed by atoms with Crippen LogP contribution < -0.4 is 11.1 Å². The van der Waals surface area contributed by atoms with Gasteiger partial charge < -0.3 is 11.1 Å². The molecule has 0 saturated heterocycles. The fraction of sp³-hybridized carbons (Fsp3) is 0.320. The van der Waals surface area contributed by atoms with Gasteiger partial charge in [0.25, 0.3) is 5.69 Å². The maximum Gasteiger partial charge on any atom is 0.280 e. The summed E-state index contributed by atoms with van der Waals surface area (Å²) in [5, 5.41) is 15.1. The molecule has 0 radical (unpaired) electrons. The number of nitrogens with two attached hydrogens (primary N) is 1. The highest BCUT2D eigenvalue weighted by atomic mass is 32.1. The van der Waals surface area contributed by atoms with Crippen molar-refractivity contribution in [3.8, 4) is 0 Å². The van der Waals surface area contributed by atoms with E-state index in [1.165, 1.54) is 48.0 Å². The van der Waals surface area contributed by atoms with E-state index < -0.39 is 10.7 Å². The zero-order valence-corrected chi connectivity index (χ0v) is 20.3. The van der Waals surface area contributed by atoms with Crippen molar-refractivity contribution in [1.29, 1.82) is 0 Å². The van der Waals surface area contributed by atoms with Gasteiger partial charge in [0.2, 0.25) is 5.78 Å². The standard InChI is InChI=1S/C19H17N3O3S.2C3H8/c1-12-5-4-6-13(10-9-12)21-17-11-15(20)19(26-17)18(23)14-7-2-3-8-16(14)22(24)25;2*1-3-2/h2-4,6-11,21H,5,20H2,1H3;2*3H2,1-2H3. The molecule has 0 unspecified atom stereocenters. The number of rotatable bonds is 5. The first kappa shape index (κ1) is 26.8. The summed E-state index contributed by atoms with van der Waals surface area (Å²) < 4.78 is 0. The summed E-state index contributed by atoms with van der Waals surface area (Å²) in [6.45, 7) is 10.6. The smallest absolute Gasteiger partial charge is 0.280 e. The van der Waals surface area contributed by atoms with Crippen molar-refractivity contribution in [2.75, 3.05) is 11.1 Å². The van der Waals surface area contributed by atoms with Crippen molar-refractivity contribution in [3.63, 3.8) is 0 Å². The molecular formula is C25H33N3O3S. The SMILES string of the molecule is CC1=CC=C(Nc2cc(N)c(C(=O)c3ccccc3[N+](=O)[O-])s2)C=CC1.CCC.CCC. The molecular weight excluding hydrogens is 422 g/mol. The number of thiophene rings is 1. The number of nitrogens with one attached hydrogen (secondary N) is 1. The molecule has 6 nitrogen and oxygen atoms in total. The maximum absolute atomic E-state index is 12.8. The van der Waals surface area contributed by atoms with E-state index in [1.54, 1.807) is 12.1 Å². The van der Waals surface area contributed by atoms with Gasteiger partial charge >= 0.3 is 0 Å². The summed E-state index contributed by atoms with van der Waals surface area (Å²) in [6, 6.07) is 7.55. The molecule has 3 N–H and O–H groups in total. The summed E-state index contributed by atoms with van der Waals surface area (Å²) >= 11 is 1.18. The van der Waals surface area contributed by atoms with Crippen molar-refractivity contribution in [1.82, 2.24) is 0 Å². The van der Waals surface area contributed by atoms with Crippen LogP contribution in [0.2, 0.25) is 0 Å². The van der Waals surface area contributed by atoms with Gasteiger partial charge in [-0.05, 0) is 37.6 Å². The summed E-state index contributed by atoms with van der Waals surface area (Å²) in [5.41, 5.74) is 8.22. The number of ketones is 1. The number of hydrogen-bond donors (Lipinski definition) is 2. The number of carbonyl (C=O) groups excluding carboxylic acids is 1. The Kier molecular flexibility index (Phi) is 11.7. The highest BCUT2D eigenvalue weighted by Crippen LogP contribution is 2.34. The Balaban J connectivity index is 0.000000769. The molecule has 0 amide bonds. The van der Waals surface area contributed by atoms with E-state index in [1.807, 2.05) is 24.3 Å². The fourth-order valence-electron chi connectivity index (χ4n) is 2.54. The number of allylic oxidation sites excluding steroid dienone is 5. The van der Waals surface area contributed by atoms with Gasteiger partial charge in [0.15, 0.2) is 0 Å². The summed E-state index contributed by atoms with van der Waals surface area (Å²) in [6.07, 6.45) is 11.4. The zero-order valence-electron chi connectivity index (χ0n) is 19.5. The van der Waals surface area contributed by atoms with Crippen LogP contribution in [0.3, 0.4) is 0 Å². The fourth-order valence-corrected chi connectivity index (χ4v) is 3.50. The van der Waals surface area contributed by atoms with Crippen molar-refractivity contribution in [2.45, 2.75) is 53.9 Å². The monoisotopic (exact) mass is 455 g/mol. The second-order valence-corrected chi connectivity index (χ2v) is 8.33. The Labute approximate surface area is 194 Å². The van der Waals surface area contributed by atoms with Gasteiger partial charge in [-0.1, -0.05) is 70.4 Å². The number of benzene rings is 1. The third kappa shape index (κ3) is 8.15. The number of nitro benzene ring substituents is 1. The van der Waals surface area contributed by atoms with Crippen LogP contribution in [0, 0.1) is 10.1 Å². The van der Waals surface area contributed by atoms with E-state index >= 15 is 0 Å². The van der Waals surface area contributed by atoms with Crippen LogP contribution in [0.25, 0.3) is 0 Å². The number of hydrogen-bond acceptors (Lipinski definition) is 6. The zero-order chi connectivity index (χ0) is 24.1. The molecule has 1 aliphatic carbocycles. The predicted octanol–water partition coefficient (Wildman–Crippen LogP) is 7.50. The quantitative estimate of drug-likeness (QED) is 0.276. The molecule has 0 bridgehead atoms. The number of anilines is 2. The van der Waals surface area contributed by atoms with Crippen LogP contribution in [0.4, 0.5) is 16.4 Å². The summed E-state index contributed by atoms with van der Waals surface area (Å²) in [4.78, 5) is 23.6. The predicted molar refractivity (Wildman–Crippen MR) is 136 cm³/mol. The van der Waals surface area contributed by atoms with Gasteiger partial charge in [-0.15, -0.1) is 11.3 Å². The van der Waals surface area contributed by atoms with Gasteiger partial charge in [-0.3, -0.25) is 14.9 Å². The normalized spacial score (nSPS) is 12.2. The van der Waals surface area contributed by atoms with Crippen LogP contribution in [0.1, 0.15) is 69.1 Å². The molecule has 7 heteroatoms. The highest BCUT2D eigenvalue weighted by molar-refractivity contribution is 7.18. The minimum Gasteiger partial charge on any atom is -0.397 e.